The Hall–Kier alpha value is -2.31. The van der Waals surface area contributed by atoms with Crippen molar-refractivity contribution in [2.45, 2.75) is 6.42 Å². The highest BCUT2D eigenvalue weighted by molar-refractivity contribution is 5.85. The van der Waals surface area contributed by atoms with Crippen LogP contribution in [-0.4, -0.2) is 40.8 Å². The third-order valence-electron chi connectivity index (χ3n) is 3.90. The Morgan fingerprint density at radius 2 is 2.08 bits per heavy atom. The van der Waals surface area contributed by atoms with E-state index >= 15 is 0 Å². The highest BCUT2D eigenvalue weighted by atomic mass is 35.5. The van der Waals surface area contributed by atoms with E-state index in [0.29, 0.717) is 6.61 Å². The molecule has 0 amide bonds. The van der Waals surface area contributed by atoms with Gasteiger partial charge in [-0.1, -0.05) is 12.1 Å². The molecule has 4 bridgehead atoms. The van der Waals surface area contributed by atoms with Gasteiger partial charge in [-0.2, -0.15) is 5.10 Å². The van der Waals surface area contributed by atoms with E-state index in [2.05, 4.69) is 21.8 Å². The molecule has 4 rings (SSSR count). The third kappa shape index (κ3) is 3.44. The van der Waals surface area contributed by atoms with Crippen LogP contribution in [0.4, 0.5) is 5.82 Å². The fourth-order valence-corrected chi connectivity index (χ4v) is 2.72. The van der Waals surface area contributed by atoms with Crippen molar-refractivity contribution in [1.29, 1.82) is 0 Å². The molecule has 3 aromatic rings. The second-order valence-corrected chi connectivity index (χ2v) is 5.55. The van der Waals surface area contributed by atoms with Crippen LogP contribution >= 0.6 is 12.4 Å². The zero-order chi connectivity index (χ0) is 15.5. The van der Waals surface area contributed by atoms with E-state index in [4.69, 9.17) is 9.72 Å². The van der Waals surface area contributed by atoms with E-state index in [0.717, 1.165) is 54.4 Å². The number of anilines is 1. The Labute approximate surface area is 146 Å². The molecule has 126 valence electrons. The molecule has 0 aliphatic carbocycles. The number of rotatable bonds is 0. The molecule has 3 heterocycles. The molecule has 1 aromatic carbocycles. The van der Waals surface area contributed by atoms with E-state index in [9.17, 15) is 0 Å². The molecule has 1 aliphatic rings. The maximum Gasteiger partial charge on any atom is 0.165 e. The summed E-state index contributed by atoms with van der Waals surface area (Å²) in [6.07, 6.45) is 4.82. The Balaban J connectivity index is 0.00000169. The lowest BCUT2D eigenvalue weighted by molar-refractivity contribution is 0.314. The fourth-order valence-electron chi connectivity index (χ4n) is 2.72. The zero-order valence-corrected chi connectivity index (χ0v) is 14.1. The summed E-state index contributed by atoms with van der Waals surface area (Å²) in [5.41, 5.74) is 2.91. The predicted molar refractivity (Wildman–Crippen MR) is 97.1 cm³/mol. The topological polar surface area (TPSA) is 63.5 Å². The molecule has 2 N–H and O–H groups in total. The van der Waals surface area contributed by atoms with Crippen molar-refractivity contribution in [3.8, 4) is 16.9 Å². The first kappa shape index (κ1) is 16.5. The first-order chi connectivity index (χ1) is 11.4. The molecule has 7 heteroatoms. The highest BCUT2D eigenvalue weighted by Crippen LogP contribution is 2.27. The first-order valence-electron chi connectivity index (χ1n) is 7.92. The lowest BCUT2D eigenvalue weighted by atomic mass is 10.1. The SMILES string of the molecule is Cl.c1cc2cc(c1)-c1cnn3ccc(nc13)NCCCNCCO2. The lowest BCUT2D eigenvalue weighted by Crippen LogP contribution is -2.23. The normalized spacial score (nSPS) is 14.8. The summed E-state index contributed by atoms with van der Waals surface area (Å²) in [6.45, 7) is 3.34. The van der Waals surface area contributed by atoms with Crippen LogP contribution < -0.4 is 15.4 Å². The molecule has 2 aromatic heterocycles. The molecule has 0 atom stereocenters. The van der Waals surface area contributed by atoms with Crippen LogP contribution in [0.15, 0.2) is 42.7 Å². The number of hydrogen-bond acceptors (Lipinski definition) is 5. The maximum absolute atomic E-state index is 5.82. The Morgan fingerprint density at radius 1 is 1.12 bits per heavy atom. The van der Waals surface area contributed by atoms with Crippen LogP contribution in [0.5, 0.6) is 5.75 Å². The molecule has 6 nitrogen and oxygen atoms in total. The highest BCUT2D eigenvalue weighted by Gasteiger charge is 2.10. The molecular formula is C17H20ClN5O. The third-order valence-corrected chi connectivity index (χ3v) is 3.90. The molecule has 0 saturated heterocycles. The minimum Gasteiger partial charge on any atom is -0.492 e. The summed E-state index contributed by atoms with van der Waals surface area (Å²) >= 11 is 0. The maximum atomic E-state index is 5.82. The molecule has 0 radical (unpaired) electrons. The van der Waals surface area contributed by atoms with E-state index in [1.54, 1.807) is 4.52 Å². The fraction of sp³-hybridized carbons (Fsp3) is 0.294. The number of aromatic nitrogens is 3. The van der Waals surface area contributed by atoms with Gasteiger partial charge < -0.3 is 15.4 Å². The van der Waals surface area contributed by atoms with Gasteiger partial charge in [0.2, 0.25) is 0 Å². The molecule has 1 aliphatic heterocycles. The van der Waals surface area contributed by atoms with Crippen molar-refractivity contribution >= 4 is 23.9 Å². The summed E-state index contributed by atoms with van der Waals surface area (Å²) in [7, 11) is 0. The van der Waals surface area contributed by atoms with Gasteiger partial charge in [-0.3, -0.25) is 0 Å². The van der Waals surface area contributed by atoms with Crippen LogP contribution in [0.3, 0.4) is 0 Å². The predicted octanol–water partition coefficient (Wildman–Crippen LogP) is 2.60. The van der Waals surface area contributed by atoms with Gasteiger partial charge in [-0.05, 0) is 36.7 Å². The summed E-state index contributed by atoms with van der Waals surface area (Å²) in [4.78, 5) is 4.71. The van der Waals surface area contributed by atoms with Crippen molar-refractivity contribution < 1.29 is 4.74 Å². The standard InChI is InChI=1S/C17H19N5O.ClH/c1-3-13-11-14(4-1)23-10-8-18-6-2-7-19-16-5-9-22-17(21-16)15(13)12-20-22;/h1,3-5,9,11-12,18H,2,6-8,10H2,(H,19,21);1H. The number of hydrogen-bond donors (Lipinski definition) is 2. The van der Waals surface area contributed by atoms with Crippen molar-refractivity contribution in [2.24, 2.45) is 0 Å². The molecule has 0 saturated carbocycles. The van der Waals surface area contributed by atoms with E-state index in [1.165, 1.54) is 0 Å². The van der Waals surface area contributed by atoms with Gasteiger partial charge in [0.1, 0.15) is 18.2 Å². The lowest BCUT2D eigenvalue weighted by Gasteiger charge is -2.08. The number of ether oxygens (including phenoxy) is 1. The van der Waals surface area contributed by atoms with E-state index in [-0.39, 0.29) is 12.4 Å². The minimum atomic E-state index is 0. The van der Waals surface area contributed by atoms with Crippen LogP contribution in [0.2, 0.25) is 0 Å². The van der Waals surface area contributed by atoms with Gasteiger partial charge >= 0.3 is 0 Å². The smallest absolute Gasteiger partial charge is 0.165 e. The van der Waals surface area contributed by atoms with Gasteiger partial charge in [0.25, 0.3) is 0 Å². The van der Waals surface area contributed by atoms with Crippen LogP contribution in [0, 0.1) is 0 Å². The number of nitrogens with zero attached hydrogens (tertiary/aromatic N) is 3. The number of nitrogens with one attached hydrogen (secondary N) is 2. The average Bonchev–Trinajstić information content (AvgIpc) is 3.00. The molecule has 0 fully saturated rings. The second kappa shape index (κ2) is 7.51. The molecule has 24 heavy (non-hydrogen) atoms. The van der Waals surface area contributed by atoms with Crippen LogP contribution in [0.25, 0.3) is 16.8 Å². The Bertz CT molecular complexity index is 820. The zero-order valence-electron chi connectivity index (χ0n) is 13.2. The van der Waals surface area contributed by atoms with Crippen LogP contribution in [0.1, 0.15) is 6.42 Å². The van der Waals surface area contributed by atoms with Crippen LogP contribution in [-0.2, 0) is 0 Å². The van der Waals surface area contributed by atoms with Crippen molar-refractivity contribution in [3.05, 3.63) is 42.7 Å². The van der Waals surface area contributed by atoms with Gasteiger partial charge in [-0.25, -0.2) is 9.50 Å². The Morgan fingerprint density at radius 3 is 3.04 bits per heavy atom. The van der Waals surface area contributed by atoms with E-state index < -0.39 is 0 Å². The van der Waals surface area contributed by atoms with Gasteiger partial charge in [-0.15, -0.1) is 12.4 Å². The quantitative estimate of drug-likeness (QED) is 0.655. The molecule has 0 spiro atoms. The number of benzene rings is 1. The summed E-state index contributed by atoms with van der Waals surface area (Å²) in [6, 6.07) is 10.0. The van der Waals surface area contributed by atoms with Gasteiger partial charge in [0, 0.05) is 24.8 Å². The minimum absolute atomic E-state index is 0. The monoisotopic (exact) mass is 345 g/mol. The molecule has 0 unspecified atom stereocenters. The van der Waals surface area contributed by atoms with Crippen molar-refractivity contribution in [3.63, 3.8) is 0 Å². The largest absolute Gasteiger partial charge is 0.492 e. The first-order valence-corrected chi connectivity index (χ1v) is 7.92. The number of fused-ring (bicyclic) bond motifs is 4. The van der Waals surface area contributed by atoms with Crippen molar-refractivity contribution in [1.82, 2.24) is 19.9 Å². The Kier molecular flexibility index (Phi) is 5.17. The summed E-state index contributed by atoms with van der Waals surface area (Å²) in [5.74, 6) is 1.74. The summed E-state index contributed by atoms with van der Waals surface area (Å²) in [5, 5.41) is 11.1. The molecular weight excluding hydrogens is 326 g/mol. The van der Waals surface area contributed by atoms with Gasteiger partial charge in [0.05, 0.1) is 6.20 Å². The average molecular weight is 346 g/mol. The van der Waals surface area contributed by atoms with Gasteiger partial charge in [0.15, 0.2) is 5.65 Å². The number of halogens is 1. The summed E-state index contributed by atoms with van der Waals surface area (Å²) < 4.78 is 7.62. The second-order valence-electron chi connectivity index (χ2n) is 5.55. The van der Waals surface area contributed by atoms with Crippen molar-refractivity contribution in [2.75, 3.05) is 31.6 Å². The van der Waals surface area contributed by atoms with E-state index in [1.807, 2.05) is 36.7 Å².